The van der Waals surface area contributed by atoms with Crippen LogP contribution in [0.25, 0.3) is 45.1 Å². The Morgan fingerprint density at radius 3 is 1.45 bits per heavy atom. The molecule has 0 amide bonds. The quantitative estimate of drug-likeness (QED) is 0.0569. The number of anilines is 2. The highest BCUT2D eigenvalue weighted by atomic mass is 28.4. The molecule has 8 aromatic rings. The molecule has 6 aromatic heterocycles. The molecule has 8 atom stereocenters. The highest BCUT2D eigenvalue weighted by Gasteiger charge is 2.54. The van der Waals surface area contributed by atoms with Crippen molar-refractivity contribution in [3.63, 3.8) is 0 Å². The van der Waals surface area contributed by atoms with Gasteiger partial charge >= 0.3 is 0 Å². The summed E-state index contributed by atoms with van der Waals surface area (Å²) in [7, 11) is -4.42. The van der Waals surface area contributed by atoms with Gasteiger partial charge in [-0.05, 0) is 53.8 Å². The Bertz CT molecular complexity index is 3270. The van der Waals surface area contributed by atoms with Crippen molar-refractivity contribution in [1.82, 2.24) is 64.7 Å². The summed E-state index contributed by atoms with van der Waals surface area (Å²) in [6, 6.07) is 20.1. The predicted octanol–water partition coefficient (Wildman–Crippen LogP) is 7.65. The fourth-order valence-corrected chi connectivity index (χ4v) is 11.5. The Balaban J connectivity index is 0.000000234. The summed E-state index contributed by atoms with van der Waals surface area (Å²) in [6.45, 7) is 25.7. The van der Waals surface area contributed by atoms with Gasteiger partial charge in [-0.1, -0.05) is 109 Å². The van der Waals surface area contributed by atoms with E-state index in [0.717, 1.165) is 23.1 Å². The lowest BCUT2D eigenvalue weighted by atomic mass is 10.1. The van der Waals surface area contributed by atoms with Crippen LogP contribution < -0.4 is 17.6 Å². The molecule has 2 unspecified atom stereocenters. The SMILES string of the molecule is CC[C@H]1OC(n2cnc3c(N)nc(-c4cnn(Cc5ccccc5)c4)nc32)[C@H](O[Si](C)(C)C(C)(C)C)[C@@H]1O[Si](C)(C)C(C)(C)C.F.N.Nc1nc(-c2cnn(Cc3ccccc3)c2)nc2c1ncn2C1O[C@H](CO)[C@@H](O)[C@H]1O. The number of aromatic nitrogens is 12. The van der Waals surface area contributed by atoms with Gasteiger partial charge in [-0.15, -0.1) is 0 Å². The molecule has 0 bridgehead atoms. The van der Waals surface area contributed by atoms with Gasteiger partial charge in [0.2, 0.25) is 0 Å². The fraction of sp³-hybridized carbons (Fsp3) is 0.472. The first-order valence-electron chi connectivity index (χ1n) is 25.7. The van der Waals surface area contributed by atoms with Gasteiger partial charge in [-0.25, -0.2) is 29.9 Å². The molecule has 2 saturated heterocycles. The number of fused-ring (bicyclic) bond motifs is 2. The van der Waals surface area contributed by atoms with Crippen molar-refractivity contribution in [2.45, 2.75) is 153 Å². The second-order valence-electron chi connectivity index (χ2n) is 22.7. The number of aliphatic hydroxyl groups is 3. The first kappa shape index (κ1) is 59.3. The number of ether oxygens (including phenoxy) is 2. The van der Waals surface area contributed by atoms with Crippen LogP contribution in [0.4, 0.5) is 16.3 Å². The number of hydrogen-bond acceptors (Lipinski definition) is 18. The van der Waals surface area contributed by atoms with E-state index in [1.54, 1.807) is 23.4 Å². The first-order chi connectivity index (χ1) is 36.0. The Morgan fingerprint density at radius 2 is 1.04 bits per heavy atom. The van der Waals surface area contributed by atoms with E-state index in [4.69, 9.17) is 34.8 Å². The van der Waals surface area contributed by atoms with Crippen LogP contribution in [0.15, 0.2) is 98.1 Å². The molecule has 8 heterocycles. The largest absolute Gasteiger partial charge is 0.408 e. The summed E-state index contributed by atoms with van der Waals surface area (Å²) < 4.78 is 34.0. The van der Waals surface area contributed by atoms with Crippen molar-refractivity contribution in [3.05, 3.63) is 109 Å². The normalized spacial score (nSPS) is 21.8. The minimum Gasteiger partial charge on any atom is -0.408 e. The van der Waals surface area contributed by atoms with Gasteiger partial charge in [0.05, 0.1) is 62.0 Å². The van der Waals surface area contributed by atoms with Crippen molar-refractivity contribution >= 4 is 50.6 Å². The van der Waals surface area contributed by atoms with E-state index in [-0.39, 0.29) is 45.1 Å². The number of aliphatic hydroxyl groups excluding tert-OH is 3. The molecule has 420 valence electrons. The second-order valence-corrected chi connectivity index (χ2v) is 32.2. The monoisotopic (exact) mass is 1110 g/mol. The third-order valence-electron chi connectivity index (χ3n) is 15.3. The highest BCUT2D eigenvalue weighted by Crippen LogP contribution is 2.47. The topological polar surface area (TPSA) is 307 Å². The van der Waals surface area contributed by atoms with Gasteiger partial charge < -0.3 is 51.3 Å². The van der Waals surface area contributed by atoms with Crippen molar-refractivity contribution in [2.75, 3.05) is 18.1 Å². The minimum atomic E-state index is -2.25. The lowest BCUT2D eigenvalue weighted by Crippen LogP contribution is -2.53. The second kappa shape index (κ2) is 23.1. The van der Waals surface area contributed by atoms with Crippen LogP contribution in [0.5, 0.6) is 0 Å². The molecule has 78 heavy (non-hydrogen) atoms. The van der Waals surface area contributed by atoms with Crippen LogP contribution in [0, 0.1) is 0 Å². The zero-order chi connectivity index (χ0) is 54.5. The maximum atomic E-state index is 10.4. The van der Waals surface area contributed by atoms with E-state index in [0.29, 0.717) is 58.4 Å². The molecule has 2 aromatic carbocycles. The van der Waals surface area contributed by atoms with E-state index in [1.165, 1.54) is 10.9 Å². The molecule has 0 radical (unpaired) electrons. The molecule has 0 spiro atoms. The molecule has 2 aliphatic heterocycles. The first-order valence-corrected chi connectivity index (χ1v) is 31.6. The van der Waals surface area contributed by atoms with Crippen molar-refractivity contribution in [1.29, 1.82) is 0 Å². The van der Waals surface area contributed by atoms with E-state index >= 15 is 0 Å². The minimum absolute atomic E-state index is 0. The maximum absolute atomic E-state index is 10.4. The molecule has 0 aliphatic carbocycles. The van der Waals surface area contributed by atoms with E-state index in [9.17, 15) is 15.3 Å². The van der Waals surface area contributed by atoms with Gasteiger partial charge in [0.1, 0.15) is 41.6 Å². The molecule has 10 rings (SSSR count). The molecule has 10 N–H and O–H groups in total. The molecular weight excluding hydrogens is 1030 g/mol. The smallest absolute Gasteiger partial charge is 0.192 e. The summed E-state index contributed by atoms with van der Waals surface area (Å²) in [5.41, 5.74) is 18.1. The summed E-state index contributed by atoms with van der Waals surface area (Å²) in [5, 5.41) is 38.8. The van der Waals surface area contributed by atoms with Crippen molar-refractivity contribution in [2.24, 2.45) is 0 Å². The standard InChI is InChI=1S/C33H51N7O3Si2.C20H21N7O4.FH.H3N/c1-12-24-26(42-44(8,9)32(2,3)4)27(43-45(10,11)33(5,6)7)31(41-24)40-21-35-25-28(34)37-29(38-30(25)40)23-18-36-39(20-23)19-22-16-14-13-15-17-22;21-17-14-19(27(10-22-14)20-16(30)15(29)13(9-28)31-20)25-18(24-17)12-6-23-26(8-12)7-11-4-2-1-3-5-11;;/h13-18,20-21,24,26-27,31H,12,19H2,1-11H3,(H2,34,37,38);1-6,8,10,13,15-16,20,28-30H,7,9H2,(H2,21,24,25);1H;1H3/t24-,26-,27-,31?;13-,15-,16-,20?;;/m11../s1. The van der Waals surface area contributed by atoms with Gasteiger partial charge in [-0.2, -0.15) is 10.2 Å². The molecule has 25 heteroatoms. The summed E-state index contributed by atoms with van der Waals surface area (Å²) >= 11 is 0. The Hall–Kier alpha value is -6.40. The average Bonchev–Trinajstić information content (AvgIpc) is 4.32. The lowest BCUT2D eigenvalue weighted by molar-refractivity contribution is -0.0511. The van der Waals surface area contributed by atoms with Crippen LogP contribution in [-0.4, -0.2) is 134 Å². The molecule has 2 aliphatic rings. The maximum Gasteiger partial charge on any atom is 0.192 e. The molecule has 2 fully saturated rings. The van der Waals surface area contributed by atoms with Gasteiger partial charge in [-0.3, -0.25) is 23.2 Å². The van der Waals surface area contributed by atoms with Gasteiger partial charge in [0, 0.05) is 12.4 Å². The van der Waals surface area contributed by atoms with E-state index in [1.807, 2.05) is 70.2 Å². The van der Waals surface area contributed by atoms with Crippen LogP contribution >= 0.6 is 0 Å². The summed E-state index contributed by atoms with van der Waals surface area (Å²) in [4.78, 5) is 27.4. The number of nitrogens with two attached hydrogens (primary N) is 2. The number of nitrogen functional groups attached to an aromatic ring is 2. The number of nitrogens with zero attached hydrogens (tertiary/aromatic N) is 12. The molecule has 22 nitrogen and oxygen atoms in total. The predicted molar refractivity (Wildman–Crippen MR) is 302 cm³/mol. The van der Waals surface area contributed by atoms with Crippen molar-refractivity contribution in [3.8, 4) is 22.8 Å². The number of hydrogen-bond donors (Lipinski definition) is 6. The Labute approximate surface area is 455 Å². The number of halogens is 1. The number of imidazole rings is 2. The average molecular weight is 1110 g/mol. The van der Waals surface area contributed by atoms with Crippen molar-refractivity contribution < 1.29 is 38.3 Å². The zero-order valence-electron chi connectivity index (χ0n) is 46.3. The fourth-order valence-electron chi connectivity index (χ4n) is 8.85. The molecular formula is C53H76FN15O7Si2. The van der Waals surface area contributed by atoms with Crippen LogP contribution in [0.3, 0.4) is 0 Å². The van der Waals surface area contributed by atoms with Crippen LogP contribution in [0.2, 0.25) is 36.3 Å². The zero-order valence-corrected chi connectivity index (χ0v) is 48.3. The third-order valence-corrected chi connectivity index (χ3v) is 24.2. The van der Waals surface area contributed by atoms with Gasteiger partial charge in [0.15, 0.2) is 63.7 Å². The van der Waals surface area contributed by atoms with E-state index in [2.05, 4.69) is 122 Å². The Kier molecular flexibility index (Phi) is 17.6. The summed E-state index contributed by atoms with van der Waals surface area (Å²) in [6.07, 6.45) is 5.55. The molecule has 0 saturated carbocycles. The van der Waals surface area contributed by atoms with Crippen LogP contribution in [-0.2, 0) is 31.4 Å². The van der Waals surface area contributed by atoms with Gasteiger partial charge in [0.25, 0.3) is 0 Å². The highest BCUT2D eigenvalue weighted by molar-refractivity contribution is 6.74. The third kappa shape index (κ3) is 11.9. The van der Waals surface area contributed by atoms with Crippen LogP contribution in [0.1, 0.15) is 78.5 Å². The van der Waals surface area contributed by atoms with E-state index < -0.39 is 54.0 Å². The number of benzene rings is 2. The number of rotatable bonds is 14. The lowest BCUT2D eigenvalue weighted by Gasteiger charge is -2.44. The summed E-state index contributed by atoms with van der Waals surface area (Å²) in [5.74, 6) is 1.31. The Morgan fingerprint density at radius 1 is 0.615 bits per heavy atom.